The molecular weight excluding hydrogens is 631 g/mol. The zero-order chi connectivity index (χ0) is 25.3. The van der Waals surface area contributed by atoms with E-state index in [-0.39, 0.29) is 45.3 Å². The quantitative estimate of drug-likeness (QED) is 0.414. The molecule has 1 fully saturated rings. The molecule has 182 valence electrons. The highest BCUT2D eigenvalue weighted by atomic mass is 79.9. The third-order valence-corrected chi connectivity index (χ3v) is 6.45. The largest absolute Gasteiger partial charge is 0.338 e. The minimum atomic E-state index is -0.868. The summed E-state index contributed by atoms with van der Waals surface area (Å²) in [7, 11) is 0. The van der Waals surface area contributed by atoms with E-state index in [9.17, 15) is 14.4 Å². The Labute approximate surface area is 226 Å². The van der Waals surface area contributed by atoms with Crippen LogP contribution in [0.25, 0.3) is 5.82 Å². The number of nitrogens with one attached hydrogen (secondary N) is 2. The smallest absolute Gasteiger partial charge is 0.274 e. The number of anilines is 1. The number of likely N-dealkylation sites (N-methyl/N-ethyl adjacent to an activating group) is 1. The summed E-state index contributed by atoms with van der Waals surface area (Å²) < 4.78 is 2.01. The van der Waals surface area contributed by atoms with Crippen LogP contribution in [0.2, 0.25) is 10.0 Å². The van der Waals surface area contributed by atoms with Crippen molar-refractivity contribution >= 4 is 78.5 Å². The lowest BCUT2D eigenvalue weighted by Crippen LogP contribution is -2.42. The van der Waals surface area contributed by atoms with Crippen LogP contribution >= 0.6 is 55.1 Å². The van der Waals surface area contributed by atoms with Crippen molar-refractivity contribution < 1.29 is 19.2 Å². The average molecular weight is 647 g/mol. The minimum absolute atomic E-state index is 0.000111. The number of hydroxylamine groups is 2. The molecule has 1 unspecified atom stereocenters. The van der Waals surface area contributed by atoms with Gasteiger partial charge in [-0.3, -0.25) is 19.2 Å². The fourth-order valence-corrected chi connectivity index (χ4v) is 4.81. The van der Waals surface area contributed by atoms with Gasteiger partial charge in [-0.05, 0) is 63.0 Å². The summed E-state index contributed by atoms with van der Waals surface area (Å²) in [5.74, 6) is -1.34. The molecule has 0 aliphatic carbocycles. The molecule has 10 nitrogen and oxygen atoms in total. The number of rotatable bonds is 6. The highest BCUT2D eigenvalue weighted by Crippen LogP contribution is 2.32. The number of halogens is 4. The summed E-state index contributed by atoms with van der Waals surface area (Å²) in [5.41, 5.74) is 0.289. The van der Waals surface area contributed by atoms with Crippen LogP contribution in [-0.4, -0.2) is 56.7 Å². The highest BCUT2D eigenvalue weighted by molar-refractivity contribution is 9.10. The first-order valence-corrected chi connectivity index (χ1v) is 12.5. The van der Waals surface area contributed by atoms with E-state index in [4.69, 9.17) is 28.0 Å². The summed E-state index contributed by atoms with van der Waals surface area (Å²) >= 11 is 19.0. The van der Waals surface area contributed by atoms with Gasteiger partial charge in [0.15, 0.2) is 5.82 Å². The normalized spacial score (nSPS) is 15.4. The topological polar surface area (TPSA) is 118 Å². The summed E-state index contributed by atoms with van der Waals surface area (Å²) in [4.78, 5) is 48.2. The van der Waals surface area contributed by atoms with Crippen molar-refractivity contribution in [3.63, 3.8) is 0 Å². The molecule has 0 radical (unpaired) electrons. The third kappa shape index (κ3) is 5.36. The summed E-state index contributed by atoms with van der Waals surface area (Å²) in [6.07, 6.45) is 1.52. The molecular formula is C21H16Br2Cl2N6O4. The van der Waals surface area contributed by atoms with Crippen molar-refractivity contribution in [1.82, 2.24) is 25.1 Å². The van der Waals surface area contributed by atoms with Crippen LogP contribution in [0.5, 0.6) is 0 Å². The lowest BCUT2D eigenvalue weighted by atomic mass is 10.1. The van der Waals surface area contributed by atoms with Crippen LogP contribution in [0.4, 0.5) is 5.69 Å². The Hall–Kier alpha value is -2.51. The maximum absolute atomic E-state index is 13.3. The maximum Gasteiger partial charge on any atom is 0.274 e. The lowest BCUT2D eigenvalue weighted by Gasteiger charge is -2.16. The van der Waals surface area contributed by atoms with Crippen LogP contribution in [0, 0.1) is 0 Å². The Bertz CT molecular complexity index is 1340. The molecule has 14 heteroatoms. The van der Waals surface area contributed by atoms with Gasteiger partial charge in [-0.2, -0.15) is 5.10 Å². The predicted octanol–water partition coefficient (Wildman–Crippen LogP) is 4.24. The van der Waals surface area contributed by atoms with E-state index in [0.717, 1.165) is 0 Å². The first-order chi connectivity index (χ1) is 16.7. The van der Waals surface area contributed by atoms with E-state index < -0.39 is 17.9 Å². The molecule has 0 saturated carbocycles. The van der Waals surface area contributed by atoms with Crippen LogP contribution in [0.15, 0.2) is 45.6 Å². The number of amides is 3. The van der Waals surface area contributed by atoms with Gasteiger partial charge in [-0.25, -0.2) is 14.7 Å². The van der Waals surface area contributed by atoms with Crippen molar-refractivity contribution in [2.45, 2.75) is 13.0 Å². The second-order valence-corrected chi connectivity index (χ2v) is 9.70. The number of hydrogen-bond donors (Lipinski definition) is 2. The van der Waals surface area contributed by atoms with Gasteiger partial charge in [-0.1, -0.05) is 23.2 Å². The van der Waals surface area contributed by atoms with Crippen molar-refractivity contribution in [3.05, 3.63) is 66.9 Å². The molecule has 35 heavy (non-hydrogen) atoms. The summed E-state index contributed by atoms with van der Waals surface area (Å²) in [6, 6.07) is 6.80. The molecule has 4 rings (SSSR count). The van der Waals surface area contributed by atoms with E-state index in [0.29, 0.717) is 15.6 Å². The number of benzene rings is 1. The van der Waals surface area contributed by atoms with Crippen molar-refractivity contribution in [2.24, 2.45) is 0 Å². The van der Waals surface area contributed by atoms with Gasteiger partial charge in [0.2, 0.25) is 0 Å². The van der Waals surface area contributed by atoms with Gasteiger partial charge in [-0.15, -0.1) is 0 Å². The summed E-state index contributed by atoms with van der Waals surface area (Å²) in [6.45, 7) is 2.10. The molecule has 2 aromatic heterocycles. The Morgan fingerprint density at radius 2 is 2.00 bits per heavy atom. The zero-order valence-corrected chi connectivity index (χ0v) is 22.6. The molecule has 3 heterocycles. The predicted molar refractivity (Wildman–Crippen MR) is 136 cm³/mol. The van der Waals surface area contributed by atoms with E-state index in [2.05, 4.69) is 52.6 Å². The number of aromatic nitrogens is 3. The van der Waals surface area contributed by atoms with Crippen LogP contribution in [0.3, 0.4) is 0 Å². The van der Waals surface area contributed by atoms with Gasteiger partial charge in [0, 0.05) is 28.3 Å². The first-order valence-electron chi connectivity index (χ1n) is 10.1. The first kappa shape index (κ1) is 25.6. The second kappa shape index (κ2) is 10.6. The van der Waals surface area contributed by atoms with Gasteiger partial charge in [0.25, 0.3) is 17.7 Å². The second-order valence-electron chi connectivity index (χ2n) is 7.19. The molecule has 1 atom stereocenters. The van der Waals surface area contributed by atoms with E-state index in [1.165, 1.54) is 34.1 Å². The molecule has 1 aromatic carbocycles. The number of carbonyl (C=O) groups excluding carboxylic acids is 3. The molecule has 0 spiro atoms. The molecule has 1 aliphatic rings. The Morgan fingerprint density at radius 3 is 2.69 bits per heavy atom. The van der Waals surface area contributed by atoms with Crippen molar-refractivity contribution in [1.29, 1.82) is 0 Å². The van der Waals surface area contributed by atoms with Crippen LogP contribution in [0.1, 0.15) is 27.8 Å². The molecule has 1 saturated heterocycles. The number of carbonyl (C=O) groups is 3. The third-order valence-electron chi connectivity index (χ3n) is 4.92. The van der Waals surface area contributed by atoms with Gasteiger partial charge >= 0.3 is 0 Å². The fraction of sp³-hybridized carbons (Fsp3) is 0.190. The Balaban J connectivity index is 1.65. The molecule has 1 aliphatic heterocycles. The van der Waals surface area contributed by atoms with Gasteiger partial charge in [0.1, 0.15) is 22.9 Å². The van der Waals surface area contributed by atoms with E-state index in [1.807, 2.05) is 0 Å². The maximum atomic E-state index is 13.3. The number of nitrogens with zero attached hydrogens (tertiary/aromatic N) is 4. The summed E-state index contributed by atoms with van der Waals surface area (Å²) in [5, 5.41) is 11.3. The molecule has 3 aromatic rings. The lowest BCUT2D eigenvalue weighted by molar-refractivity contribution is -0.160. The molecule has 2 N–H and O–H groups in total. The van der Waals surface area contributed by atoms with E-state index >= 15 is 0 Å². The highest BCUT2D eigenvalue weighted by Gasteiger charge is 2.34. The number of pyridine rings is 1. The molecule has 3 amide bonds. The van der Waals surface area contributed by atoms with Crippen molar-refractivity contribution in [3.8, 4) is 5.82 Å². The minimum Gasteiger partial charge on any atom is -0.338 e. The van der Waals surface area contributed by atoms with Gasteiger partial charge < -0.3 is 10.6 Å². The average Bonchev–Trinajstić information content (AvgIpc) is 3.37. The monoisotopic (exact) mass is 644 g/mol. The Morgan fingerprint density at radius 1 is 1.23 bits per heavy atom. The standard InChI is InChI=1S/C21H16Br2Cl2N6O4/c1-2-30-21(34)14(9-35-30)27-19(32)11-6-10(24)7-12(22)17(11)28-20(33)15-8-16(23)29-31(15)18-13(25)4-3-5-26-18/h3-8,14H,2,9H2,1H3,(H,27,32)(H,28,33). The van der Waals surface area contributed by atoms with Crippen LogP contribution in [-0.2, 0) is 9.63 Å². The van der Waals surface area contributed by atoms with E-state index in [1.54, 1.807) is 19.1 Å². The Kier molecular flexibility index (Phi) is 7.77. The zero-order valence-electron chi connectivity index (χ0n) is 17.9. The fourth-order valence-electron chi connectivity index (χ4n) is 3.33. The van der Waals surface area contributed by atoms with Gasteiger partial charge in [0.05, 0.1) is 16.3 Å². The number of hydrogen-bond acceptors (Lipinski definition) is 6. The van der Waals surface area contributed by atoms with Crippen LogP contribution < -0.4 is 10.6 Å². The SMILES string of the molecule is CCN1OCC(NC(=O)c2cc(Cl)cc(Br)c2NC(=O)c2cc(Br)nn2-c2ncccc2Cl)C1=O. The molecule has 0 bridgehead atoms. The van der Waals surface area contributed by atoms with Crippen molar-refractivity contribution in [2.75, 3.05) is 18.5 Å².